The normalized spacial score (nSPS) is 10.9. The molecule has 0 radical (unpaired) electrons. The van der Waals surface area contributed by atoms with Crippen LogP contribution in [0.3, 0.4) is 0 Å². The summed E-state index contributed by atoms with van der Waals surface area (Å²) in [6.07, 6.45) is 3.28. The average molecular weight is 399 g/mol. The van der Waals surface area contributed by atoms with E-state index in [9.17, 15) is 4.79 Å². The lowest BCUT2D eigenvalue weighted by Crippen LogP contribution is -2.52. The van der Waals surface area contributed by atoms with E-state index in [4.69, 9.17) is 23.2 Å². The molecule has 1 N–H and O–H groups in total. The minimum atomic E-state index is -0.318. The molecule has 2 heterocycles. The van der Waals surface area contributed by atoms with Crippen molar-refractivity contribution >= 4 is 45.9 Å². The van der Waals surface area contributed by atoms with Crippen LogP contribution in [0.1, 0.15) is 0 Å². The molecule has 0 amide bonds. The predicted octanol–water partition coefficient (Wildman–Crippen LogP) is 3.66. The van der Waals surface area contributed by atoms with Crippen LogP contribution in [0, 0.1) is 0 Å². The first-order valence-electron chi connectivity index (χ1n) is 8.09. The molecular weight excluding hydrogens is 385 g/mol. The molecule has 6 nitrogen and oxygen atoms in total. The second kappa shape index (κ2) is 6.98. The van der Waals surface area contributed by atoms with Gasteiger partial charge in [0.15, 0.2) is 0 Å². The number of rotatable bonds is 3. The molecule has 134 valence electrons. The first-order valence-corrected chi connectivity index (χ1v) is 8.85. The van der Waals surface area contributed by atoms with Crippen molar-refractivity contribution < 1.29 is 4.57 Å². The monoisotopic (exact) mass is 398 g/mol. The third-order valence-corrected chi connectivity index (χ3v) is 4.69. The van der Waals surface area contributed by atoms with E-state index in [1.54, 1.807) is 37.6 Å². The number of hydrogen-bond donors (Lipinski definition) is 1. The van der Waals surface area contributed by atoms with E-state index in [0.717, 1.165) is 5.69 Å². The van der Waals surface area contributed by atoms with Gasteiger partial charge in [-0.1, -0.05) is 52.5 Å². The summed E-state index contributed by atoms with van der Waals surface area (Å²) in [5, 5.41) is 4.56. The van der Waals surface area contributed by atoms with E-state index in [-0.39, 0.29) is 5.69 Å². The van der Waals surface area contributed by atoms with Crippen LogP contribution in [0.4, 0.5) is 11.6 Å². The van der Waals surface area contributed by atoms with Gasteiger partial charge in [-0.15, -0.1) is 0 Å². The zero-order valence-electron chi connectivity index (χ0n) is 14.2. The molecule has 0 fully saturated rings. The Bertz CT molecular complexity index is 1190. The van der Waals surface area contributed by atoms with Gasteiger partial charge in [0, 0.05) is 11.9 Å². The summed E-state index contributed by atoms with van der Waals surface area (Å²) >= 11 is 12.5. The Kier molecular flexibility index (Phi) is 4.51. The van der Waals surface area contributed by atoms with Crippen molar-refractivity contribution in [2.45, 2.75) is 0 Å². The highest BCUT2D eigenvalue weighted by Gasteiger charge is 2.20. The third-order valence-electron chi connectivity index (χ3n) is 4.08. The Morgan fingerprint density at radius 1 is 1.04 bits per heavy atom. The van der Waals surface area contributed by atoms with Crippen molar-refractivity contribution in [3.8, 4) is 5.69 Å². The lowest BCUT2D eigenvalue weighted by molar-refractivity contribution is -0.666. The summed E-state index contributed by atoms with van der Waals surface area (Å²) < 4.78 is 2.84. The summed E-state index contributed by atoms with van der Waals surface area (Å²) in [6.45, 7) is 0. The van der Waals surface area contributed by atoms with Crippen LogP contribution in [-0.2, 0) is 7.05 Å². The van der Waals surface area contributed by atoms with Crippen LogP contribution >= 0.6 is 23.2 Å². The van der Waals surface area contributed by atoms with Gasteiger partial charge in [-0.2, -0.15) is 9.13 Å². The molecule has 2 aromatic heterocycles. The largest absolute Gasteiger partial charge is 0.448 e. The molecule has 0 aliphatic heterocycles. The molecule has 8 heteroatoms. The molecule has 0 atom stereocenters. The molecule has 0 aliphatic rings. The van der Waals surface area contributed by atoms with Crippen LogP contribution in [-0.4, -0.2) is 14.5 Å². The number of nitrogens with zero attached hydrogens (tertiary/aromatic N) is 4. The molecule has 0 bridgehead atoms. The lowest BCUT2D eigenvalue weighted by atomic mass is 10.3. The maximum atomic E-state index is 12.9. The first kappa shape index (κ1) is 17.5. The number of aromatic nitrogens is 4. The number of anilines is 2. The second-order valence-electron chi connectivity index (χ2n) is 5.87. The summed E-state index contributed by atoms with van der Waals surface area (Å²) in [5.41, 5.74) is 1.46. The van der Waals surface area contributed by atoms with Crippen LogP contribution in [0.15, 0.2) is 65.7 Å². The van der Waals surface area contributed by atoms with Gasteiger partial charge in [-0.25, -0.2) is 9.78 Å². The molecule has 4 rings (SSSR count). The van der Waals surface area contributed by atoms with Crippen molar-refractivity contribution in [1.82, 2.24) is 14.5 Å². The molecule has 27 heavy (non-hydrogen) atoms. The van der Waals surface area contributed by atoms with E-state index < -0.39 is 0 Å². The standard InChI is InChI=1S/C19H13Cl2N5O/c1-25-17-12(10-22-18(24-17)23-13-6-3-2-4-7-13)11-26(19(25)27)16-14(20)8-5-9-15(16)21/h2-11H,1H3/p+1. The summed E-state index contributed by atoms with van der Waals surface area (Å²) in [6, 6.07) is 14.7. The van der Waals surface area contributed by atoms with Crippen LogP contribution < -0.4 is 15.6 Å². The average Bonchev–Trinajstić information content (AvgIpc) is 2.67. The Labute approximate surface area is 164 Å². The quantitative estimate of drug-likeness (QED) is 0.534. The number of hydrogen-bond acceptors (Lipinski definition) is 4. The van der Waals surface area contributed by atoms with Crippen molar-refractivity contribution in [3.05, 3.63) is 81.5 Å². The summed E-state index contributed by atoms with van der Waals surface area (Å²) in [4.78, 5) is 21.7. The smallest absolute Gasteiger partial charge is 0.310 e. The highest BCUT2D eigenvalue weighted by molar-refractivity contribution is 6.37. The number of benzene rings is 2. The summed E-state index contributed by atoms with van der Waals surface area (Å²) in [5.74, 6) is 0.400. The maximum Gasteiger partial charge on any atom is 0.448 e. The van der Waals surface area contributed by atoms with E-state index >= 15 is 0 Å². The van der Waals surface area contributed by atoms with Gasteiger partial charge in [0.05, 0.1) is 23.3 Å². The minimum absolute atomic E-state index is 0.318. The molecular formula is C19H14Cl2N5O+. The lowest BCUT2D eigenvalue weighted by Gasteiger charge is -2.08. The Balaban J connectivity index is 1.86. The molecule has 0 saturated carbocycles. The molecule has 2 aromatic carbocycles. The maximum absolute atomic E-state index is 12.9. The van der Waals surface area contributed by atoms with Gasteiger partial charge in [-0.3, -0.25) is 0 Å². The van der Waals surface area contributed by atoms with Crippen LogP contribution in [0.5, 0.6) is 0 Å². The number of fused-ring (bicyclic) bond motifs is 1. The zero-order valence-corrected chi connectivity index (χ0v) is 15.7. The Hall–Kier alpha value is -2.96. The highest BCUT2D eigenvalue weighted by atomic mass is 35.5. The fraction of sp³-hybridized carbons (Fsp3) is 0.0526. The molecule has 4 aromatic rings. The van der Waals surface area contributed by atoms with Gasteiger partial charge in [0.1, 0.15) is 11.1 Å². The Morgan fingerprint density at radius 3 is 2.44 bits per heavy atom. The van der Waals surface area contributed by atoms with Gasteiger partial charge in [0.25, 0.3) is 5.65 Å². The van der Waals surface area contributed by atoms with Crippen molar-refractivity contribution in [1.29, 1.82) is 0 Å². The van der Waals surface area contributed by atoms with Gasteiger partial charge in [0.2, 0.25) is 0 Å². The number of para-hydroxylation sites is 2. The fourth-order valence-electron chi connectivity index (χ4n) is 2.78. The van der Waals surface area contributed by atoms with Gasteiger partial charge < -0.3 is 5.32 Å². The number of aryl methyl sites for hydroxylation is 1. The summed E-state index contributed by atoms with van der Waals surface area (Å²) in [7, 11) is 1.64. The van der Waals surface area contributed by atoms with Crippen molar-refractivity contribution in [2.75, 3.05) is 5.32 Å². The van der Waals surface area contributed by atoms with E-state index in [0.29, 0.717) is 32.7 Å². The molecule has 0 spiro atoms. The van der Waals surface area contributed by atoms with E-state index in [1.807, 2.05) is 30.3 Å². The topological polar surface area (TPSA) is 63.7 Å². The van der Waals surface area contributed by atoms with E-state index in [2.05, 4.69) is 15.3 Å². The predicted molar refractivity (Wildman–Crippen MR) is 106 cm³/mol. The van der Waals surface area contributed by atoms with Crippen LogP contribution in [0.2, 0.25) is 10.0 Å². The van der Waals surface area contributed by atoms with Crippen LogP contribution in [0.25, 0.3) is 16.7 Å². The SMILES string of the molecule is C[n+]1c(=O)n(-c2c(Cl)cccc2Cl)cc2cnc(Nc3ccccc3)nc21. The minimum Gasteiger partial charge on any atom is -0.310 e. The second-order valence-corrected chi connectivity index (χ2v) is 6.69. The fourth-order valence-corrected chi connectivity index (χ4v) is 3.36. The molecule has 0 unspecified atom stereocenters. The number of nitrogens with one attached hydrogen (secondary N) is 1. The van der Waals surface area contributed by atoms with Crippen molar-refractivity contribution in [2.24, 2.45) is 7.05 Å². The van der Waals surface area contributed by atoms with Gasteiger partial charge in [-0.05, 0) is 24.3 Å². The van der Waals surface area contributed by atoms with Crippen molar-refractivity contribution in [3.63, 3.8) is 0 Å². The zero-order chi connectivity index (χ0) is 19.0. The molecule has 0 saturated heterocycles. The number of halogens is 2. The van der Waals surface area contributed by atoms with Gasteiger partial charge >= 0.3 is 11.6 Å². The first-order chi connectivity index (χ1) is 13.0. The molecule has 0 aliphatic carbocycles. The third kappa shape index (κ3) is 3.25. The van der Waals surface area contributed by atoms with E-state index in [1.165, 1.54) is 9.13 Å². The highest BCUT2D eigenvalue weighted by Crippen LogP contribution is 2.27. The Morgan fingerprint density at radius 2 is 1.74 bits per heavy atom.